The molecule has 1 unspecified atom stereocenters. The van der Waals surface area contributed by atoms with Crippen LogP contribution in [0.2, 0.25) is 0 Å². The Balaban J connectivity index is 1.96. The minimum atomic E-state index is -3.42. The molecule has 3 heterocycles. The SMILES string of the molecule is CC1c2ccsc2CCN1S(=O)(=O)c1cc(CN)cs1. The fourth-order valence-corrected chi connectivity index (χ4v) is 6.45. The van der Waals surface area contributed by atoms with Crippen molar-refractivity contribution in [1.29, 1.82) is 0 Å². The summed E-state index contributed by atoms with van der Waals surface area (Å²) in [5, 5.41) is 3.85. The molecule has 7 heteroatoms. The topological polar surface area (TPSA) is 63.4 Å². The number of fused-ring (bicyclic) bond motifs is 1. The van der Waals surface area contributed by atoms with E-state index in [-0.39, 0.29) is 6.04 Å². The van der Waals surface area contributed by atoms with Gasteiger partial charge in [0.05, 0.1) is 0 Å². The summed E-state index contributed by atoms with van der Waals surface area (Å²) >= 11 is 2.96. The highest BCUT2D eigenvalue weighted by Gasteiger charge is 2.35. The highest BCUT2D eigenvalue weighted by Crippen LogP contribution is 2.37. The normalized spacial score (nSPS) is 20.0. The van der Waals surface area contributed by atoms with Gasteiger partial charge in [-0.1, -0.05) is 0 Å². The molecule has 0 fully saturated rings. The molecule has 4 nitrogen and oxygen atoms in total. The summed E-state index contributed by atoms with van der Waals surface area (Å²) < 4.78 is 27.5. The summed E-state index contributed by atoms with van der Waals surface area (Å²) in [4.78, 5) is 1.30. The average Bonchev–Trinajstić information content (AvgIpc) is 3.08. The molecule has 3 rings (SSSR count). The van der Waals surface area contributed by atoms with Crippen molar-refractivity contribution in [3.8, 4) is 0 Å². The Labute approximate surface area is 126 Å². The fraction of sp³-hybridized carbons (Fsp3) is 0.385. The van der Waals surface area contributed by atoms with Gasteiger partial charge in [0.2, 0.25) is 0 Å². The van der Waals surface area contributed by atoms with E-state index in [0.717, 1.165) is 17.5 Å². The molecular weight excluding hydrogens is 312 g/mol. The van der Waals surface area contributed by atoms with E-state index in [1.807, 2.05) is 23.8 Å². The number of hydrogen-bond donors (Lipinski definition) is 1. The van der Waals surface area contributed by atoms with Gasteiger partial charge < -0.3 is 5.73 Å². The molecule has 2 aromatic rings. The van der Waals surface area contributed by atoms with Crippen molar-refractivity contribution >= 4 is 32.7 Å². The van der Waals surface area contributed by atoms with Gasteiger partial charge in [-0.25, -0.2) is 8.42 Å². The van der Waals surface area contributed by atoms with Gasteiger partial charge in [0.15, 0.2) is 0 Å². The molecule has 0 aliphatic carbocycles. The highest BCUT2D eigenvalue weighted by atomic mass is 32.2. The van der Waals surface area contributed by atoms with Crippen LogP contribution in [0.25, 0.3) is 0 Å². The third-order valence-corrected chi connectivity index (χ3v) is 8.08. The Morgan fingerprint density at radius 3 is 2.95 bits per heavy atom. The van der Waals surface area contributed by atoms with Gasteiger partial charge in [-0.15, -0.1) is 22.7 Å². The highest BCUT2D eigenvalue weighted by molar-refractivity contribution is 7.91. The Morgan fingerprint density at radius 2 is 2.25 bits per heavy atom. The van der Waals surface area contributed by atoms with E-state index in [4.69, 9.17) is 5.73 Å². The summed E-state index contributed by atoms with van der Waals surface area (Å²) in [6.07, 6.45) is 0.797. The second-order valence-corrected chi connectivity index (χ2v) is 8.85. The molecule has 2 aromatic heterocycles. The molecule has 0 aromatic carbocycles. The molecule has 2 N–H and O–H groups in total. The van der Waals surface area contributed by atoms with Crippen LogP contribution in [0.3, 0.4) is 0 Å². The molecule has 0 bridgehead atoms. The van der Waals surface area contributed by atoms with Crippen LogP contribution in [-0.4, -0.2) is 19.3 Å². The first-order chi connectivity index (χ1) is 9.54. The van der Waals surface area contributed by atoms with Crippen LogP contribution in [0, 0.1) is 0 Å². The summed E-state index contributed by atoms with van der Waals surface area (Å²) in [6.45, 7) is 2.88. The Kier molecular flexibility index (Phi) is 3.72. The minimum Gasteiger partial charge on any atom is -0.326 e. The maximum atomic E-state index is 12.8. The zero-order chi connectivity index (χ0) is 14.3. The largest absolute Gasteiger partial charge is 0.326 e. The van der Waals surface area contributed by atoms with Crippen LogP contribution in [0.15, 0.2) is 27.1 Å². The molecule has 0 spiro atoms. The first-order valence-electron chi connectivity index (χ1n) is 6.39. The van der Waals surface area contributed by atoms with Gasteiger partial charge in [-0.05, 0) is 47.4 Å². The molecule has 0 saturated heterocycles. The summed E-state index contributed by atoms with van der Waals surface area (Å²) in [6, 6.07) is 3.63. The number of rotatable bonds is 3. The standard InChI is InChI=1S/C13H16N2O2S3/c1-9-11-3-5-18-12(11)2-4-15(9)20(16,17)13-6-10(7-14)8-19-13/h3,5-6,8-9H,2,4,7,14H2,1H3. The van der Waals surface area contributed by atoms with Crippen LogP contribution in [0.4, 0.5) is 0 Å². The lowest BCUT2D eigenvalue weighted by molar-refractivity contribution is 0.330. The second-order valence-electron chi connectivity index (χ2n) is 4.82. The molecular formula is C13H16N2O2S3. The molecule has 1 atom stereocenters. The molecule has 1 aliphatic heterocycles. The van der Waals surface area contributed by atoms with E-state index in [2.05, 4.69) is 0 Å². The zero-order valence-electron chi connectivity index (χ0n) is 11.1. The molecule has 108 valence electrons. The maximum Gasteiger partial charge on any atom is 0.253 e. The van der Waals surface area contributed by atoms with Crippen LogP contribution in [0.1, 0.15) is 29.0 Å². The predicted molar refractivity (Wildman–Crippen MR) is 82.5 cm³/mol. The van der Waals surface area contributed by atoms with Crippen LogP contribution in [-0.2, 0) is 23.0 Å². The summed E-state index contributed by atoms with van der Waals surface area (Å²) in [7, 11) is -3.42. The lowest BCUT2D eigenvalue weighted by Gasteiger charge is -2.32. The smallest absolute Gasteiger partial charge is 0.253 e. The van der Waals surface area contributed by atoms with E-state index >= 15 is 0 Å². The number of thiophene rings is 2. The summed E-state index contributed by atoms with van der Waals surface area (Å²) in [5.74, 6) is 0. The van der Waals surface area contributed by atoms with Crippen molar-refractivity contribution in [3.63, 3.8) is 0 Å². The quantitative estimate of drug-likeness (QED) is 0.942. The molecule has 20 heavy (non-hydrogen) atoms. The van der Waals surface area contributed by atoms with Crippen LogP contribution >= 0.6 is 22.7 Å². The predicted octanol–water partition coefficient (Wildman–Crippen LogP) is 2.58. The van der Waals surface area contributed by atoms with E-state index in [9.17, 15) is 8.42 Å². The Hall–Kier alpha value is -0.730. The zero-order valence-corrected chi connectivity index (χ0v) is 13.5. The molecule has 1 aliphatic rings. The van der Waals surface area contributed by atoms with E-state index in [1.165, 1.54) is 16.2 Å². The van der Waals surface area contributed by atoms with Crippen molar-refractivity contribution in [2.45, 2.75) is 30.1 Å². The second kappa shape index (κ2) is 5.23. The van der Waals surface area contributed by atoms with Gasteiger partial charge >= 0.3 is 0 Å². The van der Waals surface area contributed by atoms with Gasteiger partial charge in [-0.2, -0.15) is 4.31 Å². The van der Waals surface area contributed by atoms with Gasteiger partial charge in [0, 0.05) is 24.0 Å². The van der Waals surface area contributed by atoms with Gasteiger partial charge in [-0.3, -0.25) is 0 Å². The van der Waals surface area contributed by atoms with E-state index in [1.54, 1.807) is 21.7 Å². The molecule has 0 saturated carbocycles. The minimum absolute atomic E-state index is 0.0987. The van der Waals surface area contributed by atoms with Crippen molar-refractivity contribution < 1.29 is 8.42 Å². The molecule has 0 amide bonds. The first kappa shape index (κ1) is 14.2. The van der Waals surface area contributed by atoms with Crippen molar-refractivity contribution in [1.82, 2.24) is 4.31 Å². The van der Waals surface area contributed by atoms with Crippen LogP contribution in [0.5, 0.6) is 0 Å². The summed E-state index contributed by atoms with van der Waals surface area (Å²) in [5.41, 5.74) is 7.57. The molecule has 0 radical (unpaired) electrons. The van der Waals surface area contributed by atoms with E-state index in [0.29, 0.717) is 17.3 Å². The Morgan fingerprint density at radius 1 is 1.45 bits per heavy atom. The number of sulfonamides is 1. The third-order valence-electron chi connectivity index (χ3n) is 3.65. The van der Waals surface area contributed by atoms with Crippen molar-refractivity contribution in [2.24, 2.45) is 5.73 Å². The Bertz CT molecular complexity index is 718. The van der Waals surface area contributed by atoms with Crippen molar-refractivity contribution in [3.05, 3.63) is 38.9 Å². The number of nitrogens with zero attached hydrogens (tertiary/aromatic N) is 1. The van der Waals surface area contributed by atoms with Crippen LogP contribution < -0.4 is 5.73 Å². The lowest BCUT2D eigenvalue weighted by atomic mass is 10.0. The fourth-order valence-electron chi connectivity index (χ4n) is 2.53. The number of nitrogens with two attached hydrogens (primary N) is 1. The lowest BCUT2D eigenvalue weighted by Crippen LogP contribution is -2.37. The van der Waals surface area contributed by atoms with Crippen molar-refractivity contribution in [2.75, 3.05) is 6.54 Å². The monoisotopic (exact) mass is 328 g/mol. The number of hydrogen-bond acceptors (Lipinski definition) is 5. The van der Waals surface area contributed by atoms with Gasteiger partial charge in [0.1, 0.15) is 4.21 Å². The van der Waals surface area contributed by atoms with E-state index < -0.39 is 10.0 Å². The first-order valence-corrected chi connectivity index (χ1v) is 9.59. The average molecular weight is 328 g/mol. The van der Waals surface area contributed by atoms with Gasteiger partial charge in [0.25, 0.3) is 10.0 Å². The maximum absolute atomic E-state index is 12.8. The third kappa shape index (κ3) is 2.23.